The third kappa shape index (κ3) is 3.52. The number of amides is 1. The van der Waals surface area contributed by atoms with E-state index in [9.17, 15) is 4.79 Å². The lowest BCUT2D eigenvalue weighted by Crippen LogP contribution is -2.42. The summed E-state index contributed by atoms with van der Waals surface area (Å²) in [4.78, 5) is 14.2. The number of hydrogen-bond acceptors (Lipinski definition) is 5. The molecule has 0 saturated carbocycles. The first-order chi connectivity index (χ1) is 13.1. The topological polar surface area (TPSA) is 74.0 Å². The van der Waals surface area contributed by atoms with E-state index >= 15 is 0 Å². The maximum Gasteiger partial charge on any atom is 0.231 e. The van der Waals surface area contributed by atoms with E-state index in [1.807, 2.05) is 36.4 Å². The summed E-state index contributed by atoms with van der Waals surface area (Å²) >= 11 is 0. The summed E-state index contributed by atoms with van der Waals surface area (Å²) < 4.78 is 16.6. The average molecular weight is 368 g/mol. The fourth-order valence-electron chi connectivity index (χ4n) is 3.88. The Labute approximate surface area is 158 Å². The fraction of sp³-hybridized carbons (Fsp3) is 0.381. The minimum atomic E-state index is -0.250. The summed E-state index contributed by atoms with van der Waals surface area (Å²) in [6, 6.07) is 13.9. The van der Waals surface area contributed by atoms with Crippen LogP contribution < -0.4 is 24.8 Å². The van der Waals surface area contributed by atoms with Gasteiger partial charge in [-0.2, -0.15) is 0 Å². The largest absolute Gasteiger partial charge is 0.493 e. The number of anilines is 1. The molecular formula is C21H24N2O4. The third-order valence-corrected chi connectivity index (χ3v) is 5.23. The molecule has 2 aliphatic heterocycles. The molecule has 6 heteroatoms. The molecule has 0 aliphatic carbocycles. The highest BCUT2D eigenvalue weighted by Crippen LogP contribution is 2.38. The molecule has 27 heavy (non-hydrogen) atoms. The van der Waals surface area contributed by atoms with Gasteiger partial charge in [0.15, 0.2) is 11.5 Å². The monoisotopic (exact) mass is 368 g/mol. The zero-order valence-corrected chi connectivity index (χ0v) is 15.4. The van der Waals surface area contributed by atoms with Crippen LogP contribution in [0.5, 0.6) is 17.2 Å². The first-order valence-electron chi connectivity index (χ1n) is 9.31. The van der Waals surface area contributed by atoms with E-state index in [-0.39, 0.29) is 24.7 Å². The molecule has 4 rings (SSSR count). The van der Waals surface area contributed by atoms with Crippen molar-refractivity contribution in [2.45, 2.75) is 31.7 Å². The van der Waals surface area contributed by atoms with Crippen molar-refractivity contribution >= 4 is 11.6 Å². The number of carbonyl (C=O) groups is 1. The van der Waals surface area contributed by atoms with Gasteiger partial charge in [-0.25, -0.2) is 0 Å². The van der Waals surface area contributed by atoms with Crippen LogP contribution in [0.15, 0.2) is 42.5 Å². The van der Waals surface area contributed by atoms with Gasteiger partial charge in [-0.15, -0.1) is 0 Å². The first kappa shape index (κ1) is 17.5. The number of nitrogens with zero attached hydrogens (tertiary/aromatic N) is 1. The van der Waals surface area contributed by atoms with E-state index in [4.69, 9.17) is 19.9 Å². The normalized spacial score (nSPS) is 20.3. The molecule has 0 fully saturated rings. The van der Waals surface area contributed by atoms with Crippen LogP contribution in [0.25, 0.3) is 0 Å². The summed E-state index contributed by atoms with van der Waals surface area (Å²) in [6.45, 7) is 3.86. The van der Waals surface area contributed by atoms with Crippen molar-refractivity contribution in [3.8, 4) is 17.2 Å². The maximum absolute atomic E-state index is 11.8. The van der Waals surface area contributed by atoms with E-state index < -0.39 is 0 Å². The molecule has 142 valence electrons. The zero-order valence-electron chi connectivity index (χ0n) is 15.4. The minimum absolute atomic E-state index is 0.211. The van der Waals surface area contributed by atoms with E-state index in [0.29, 0.717) is 6.61 Å². The number of fused-ring (bicyclic) bond motifs is 2. The summed E-state index contributed by atoms with van der Waals surface area (Å²) in [6.07, 6.45) is 1.61. The number of nitrogens with two attached hydrogens (primary N) is 1. The van der Waals surface area contributed by atoms with E-state index in [0.717, 1.165) is 47.9 Å². The van der Waals surface area contributed by atoms with Crippen LogP contribution in [-0.4, -0.2) is 31.9 Å². The molecule has 0 radical (unpaired) electrons. The molecule has 0 saturated heterocycles. The van der Waals surface area contributed by atoms with Crippen molar-refractivity contribution in [1.82, 2.24) is 0 Å². The summed E-state index contributed by atoms with van der Waals surface area (Å²) in [5.41, 5.74) is 7.75. The average Bonchev–Trinajstić information content (AvgIpc) is 3.13. The molecule has 2 aliphatic rings. The Bertz CT molecular complexity index is 839. The van der Waals surface area contributed by atoms with Crippen molar-refractivity contribution < 1.29 is 19.0 Å². The van der Waals surface area contributed by atoms with Gasteiger partial charge in [0.1, 0.15) is 5.75 Å². The number of ether oxygens (including phenoxy) is 3. The number of benzene rings is 2. The molecule has 1 amide bonds. The van der Waals surface area contributed by atoms with Gasteiger partial charge in [-0.05, 0) is 43.5 Å². The van der Waals surface area contributed by atoms with Gasteiger partial charge in [-0.1, -0.05) is 18.2 Å². The quantitative estimate of drug-likeness (QED) is 0.794. The lowest BCUT2D eigenvalue weighted by molar-refractivity contribution is -0.119. The number of rotatable bonds is 6. The fourth-order valence-corrected chi connectivity index (χ4v) is 3.88. The third-order valence-electron chi connectivity index (χ3n) is 5.23. The van der Waals surface area contributed by atoms with E-state index in [1.54, 1.807) is 0 Å². The SMILES string of the molecule is CC1CC(C(N)=O)c2ccccc2N1CCCOc1ccc2c(c1)OCO2. The molecule has 0 bridgehead atoms. The van der Waals surface area contributed by atoms with Crippen molar-refractivity contribution in [2.75, 3.05) is 24.8 Å². The molecule has 6 nitrogen and oxygen atoms in total. The van der Waals surface area contributed by atoms with Crippen LogP contribution in [0.3, 0.4) is 0 Å². The molecule has 0 aromatic heterocycles. The summed E-state index contributed by atoms with van der Waals surface area (Å²) in [5.74, 6) is 1.80. The second kappa shape index (κ2) is 7.39. The molecular weight excluding hydrogens is 344 g/mol. The standard InChI is InChI=1S/C21H24N2O4/c1-14-11-17(21(22)24)16-5-2-3-6-18(16)23(14)9-4-10-25-15-7-8-19-20(12-15)27-13-26-19/h2-3,5-8,12,14,17H,4,9-11,13H2,1H3,(H2,22,24). The number of para-hydroxylation sites is 1. The number of carbonyl (C=O) groups excluding carboxylic acids is 1. The first-order valence-corrected chi connectivity index (χ1v) is 9.31. The molecule has 0 spiro atoms. The smallest absolute Gasteiger partial charge is 0.231 e. The van der Waals surface area contributed by atoms with Crippen LogP contribution in [-0.2, 0) is 4.79 Å². The predicted octanol–water partition coefficient (Wildman–Crippen LogP) is 3.05. The second-order valence-electron chi connectivity index (χ2n) is 7.01. The van der Waals surface area contributed by atoms with Gasteiger partial charge >= 0.3 is 0 Å². The van der Waals surface area contributed by atoms with Gasteiger partial charge in [0.25, 0.3) is 0 Å². The highest BCUT2D eigenvalue weighted by molar-refractivity contribution is 5.85. The van der Waals surface area contributed by atoms with Crippen molar-refractivity contribution in [3.05, 3.63) is 48.0 Å². The second-order valence-corrected chi connectivity index (χ2v) is 7.01. The van der Waals surface area contributed by atoms with Crippen molar-refractivity contribution in [1.29, 1.82) is 0 Å². The van der Waals surface area contributed by atoms with Gasteiger partial charge in [0, 0.05) is 24.3 Å². The van der Waals surface area contributed by atoms with E-state index in [1.165, 1.54) is 0 Å². The minimum Gasteiger partial charge on any atom is -0.493 e. The molecule has 2 aromatic carbocycles. The predicted molar refractivity (Wildman–Crippen MR) is 102 cm³/mol. The number of hydrogen-bond donors (Lipinski definition) is 1. The van der Waals surface area contributed by atoms with Crippen LogP contribution >= 0.6 is 0 Å². The zero-order chi connectivity index (χ0) is 18.8. The molecule has 2 aromatic rings. The summed E-state index contributed by atoms with van der Waals surface area (Å²) in [7, 11) is 0. The van der Waals surface area contributed by atoms with Crippen LogP contribution in [0.2, 0.25) is 0 Å². The van der Waals surface area contributed by atoms with Gasteiger partial charge < -0.3 is 24.8 Å². The molecule has 2 heterocycles. The molecule has 2 unspecified atom stereocenters. The van der Waals surface area contributed by atoms with Gasteiger partial charge in [-0.3, -0.25) is 4.79 Å². The lowest BCUT2D eigenvalue weighted by Gasteiger charge is -2.40. The lowest BCUT2D eigenvalue weighted by atomic mass is 9.85. The Kier molecular flexibility index (Phi) is 4.79. The Morgan fingerprint density at radius 1 is 1.22 bits per heavy atom. The Morgan fingerprint density at radius 2 is 2.04 bits per heavy atom. The Hall–Kier alpha value is -2.89. The van der Waals surface area contributed by atoms with Crippen LogP contribution in [0.4, 0.5) is 5.69 Å². The highest BCUT2D eigenvalue weighted by Gasteiger charge is 2.32. The summed E-state index contributed by atoms with van der Waals surface area (Å²) in [5, 5.41) is 0. The number of primary amides is 1. The van der Waals surface area contributed by atoms with Crippen molar-refractivity contribution in [3.63, 3.8) is 0 Å². The Balaban J connectivity index is 1.38. The van der Waals surface area contributed by atoms with Crippen molar-refractivity contribution in [2.24, 2.45) is 5.73 Å². The van der Waals surface area contributed by atoms with Crippen LogP contribution in [0.1, 0.15) is 31.2 Å². The maximum atomic E-state index is 11.8. The van der Waals surface area contributed by atoms with Gasteiger partial charge in [0.2, 0.25) is 12.7 Å². The van der Waals surface area contributed by atoms with E-state index in [2.05, 4.69) is 17.9 Å². The van der Waals surface area contributed by atoms with Crippen LogP contribution in [0, 0.1) is 0 Å². The molecule has 2 N–H and O–H groups in total. The highest BCUT2D eigenvalue weighted by atomic mass is 16.7. The van der Waals surface area contributed by atoms with Gasteiger partial charge in [0.05, 0.1) is 12.5 Å². The Morgan fingerprint density at radius 3 is 2.89 bits per heavy atom. The molecule has 2 atom stereocenters.